The van der Waals surface area contributed by atoms with Gasteiger partial charge in [-0.25, -0.2) is 0 Å². The van der Waals surface area contributed by atoms with Crippen LogP contribution in [0.4, 0.5) is 11.4 Å². The van der Waals surface area contributed by atoms with E-state index in [1.807, 2.05) is 18.2 Å². The predicted molar refractivity (Wildman–Crippen MR) is 106 cm³/mol. The highest BCUT2D eigenvalue weighted by Gasteiger charge is 2.14. The van der Waals surface area contributed by atoms with Gasteiger partial charge in [-0.05, 0) is 43.9 Å². The normalized spacial score (nSPS) is 16.7. The van der Waals surface area contributed by atoms with Crippen LogP contribution in [0.15, 0.2) is 42.7 Å². The molecule has 1 saturated heterocycles. The molecule has 1 unspecified atom stereocenters. The minimum Gasteiger partial charge on any atom is -0.384 e. The van der Waals surface area contributed by atoms with Crippen LogP contribution in [0.5, 0.6) is 0 Å². The van der Waals surface area contributed by atoms with Crippen molar-refractivity contribution < 1.29 is 14.3 Å². The number of para-hydroxylation sites is 1. The molecule has 7 heteroatoms. The Balaban J connectivity index is 1.49. The molecule has 1 fully saturated rings. The lowest BCUT2D eigenvalue weighted by Gasteiger charge is -2.22. The summed E-state index contributed by atoms with van der Waals surface area (Å²) in [6.45, 7) is 2.11. The zero-order valence-electron chi connectivity index (χ0n) is 15.1. The number of nitrogens with zero attached hydrogens (tertiary/aromatic N) is 1. The number of hydrogen-bond acceptors (Lipinski definition) is 5. The number of aromatic nitrogens is 1. The molecule has 2 aromatic rings. The van der Waals surface area contributed by atoms with E-state index in [0.29, 0.717) is 29.4 Å². The van der Waals surface area contributed by atoms with Gasteiger partial charge < -0.3 is 20.1 Å². The first kappa shape index (κ1) is 19.6. The van der Waals surface area contributed by atoms with E-state index in [4.69, 9.17) is 21.1 Å². The monoisotopic (exact) mass is 389 g/mol. The quantitative estimate of drug-likeness (QED) is 0.657. The number of carbonyl (C=O) groups excluding carboxylic acids is 1. The van der Waals surface area contributed by atoms with Gasteiger partial charge in [0.05, 0.1) is 29.1 Å². The molecular weight excluding hydrogens is 366 g/mol. The molecule has 1 aliphatic rings. The first-order chi connectivity index (χ1) is 13.2. The van der Waals surface area contributed by atoms with Crippen LogP contribution in [0.1, 0.15) is 36.0 Å². The van der Waals surface area contributed by atoms with Crippen LogP contribution in [0, 0.1) is 0 Å². The average molecular weight is 390 g/mol. The molecule has 2 heterocycles. The van der Waals surface area contributed by atoms with Crippen molar-refractivity contribution in [3.05, 3.63) is 53.3 Å². The van der Waals surface area contributed by atoms with Gasteiger partial charge in [0.2, 0.25) is 0 Å². The van der Waals surface area contributed by atoms with E-state index in [2.05, 4.69) is 15.6 Å². The number of nitrogens with one attached hydrogen (secondary N) is 2. The summed E-state index contributed by atoms with van der Waals surface area (Å²) < 4.78 is 11.3. The maximum atomic E-state index is 12.6. The number of ether oxygens (including phenoxy) is 2. The molecule has 0 bridgehead atoms. The van der Waals surface area contributed by atoms with E-state index in [0.717, 1.165) is 38.0 Å². The van der Waals surface area contributed by atoms with Crippen LogP contribution >= 0.6 is 11.6 Å². The summed E-state index contributed by atoms with van der Waals surface area (Å²) in [5, 5.41) is 6.55. The largest absolute Gasteiger partial charge is 0.384 e. The molecule has 1 aliphatic heterocycles. The van der Waals surface area contributed by atoms with Crippen molar-refractivity contribution in [2.75, 3.05) is 30.4 Å². The molecule has 1 aromatic carbocycles. The van der Waals surface area contributed by atoms with Crippen LogP contribution in [-0.2, 0) is 9.47 Å². The van der Waals surface area contributed by atoms with Crippen molar-refractivity contribution >= 4 is 28.9 Å². The number of amides is 1. The van der Waals surface area contributed by atoms with Gasteiger partial charge in [-0.1, -0.05) is 23.7 Å². The smallest absolute Gasteiger partial charge is 0.257 e. The van der Waals surface area contributed by atoms with Gasteiger partial charge in [0, 0.05) is 25.0 Å². The highest BCUT2D eigenvalue weighted by Crippen LogP contribution is 2.22. The molecule has 144 valence electrons. The first-order valence-electron chi connectivity index (χ1n) is 9.21. The number of hydrogen-bond donors (Lipinski definition) is 2. The third-order valence-corrected chi connectivity index (χ3v) is 4.60. The topological polar surface area (TPSA) is 72.5 Å². The first-order valence-corrected chi connectivity index (χ1v) is 9.59. The van der Waals surface area contributed by atoms with E-state index in [1.54, 1.807) is 18.3 Å². The molecule has 0 aliphatic carbocycles. The SMILES string of the molecule is O=C(Nc1cnccc1Cl)c1ccccc1NCCCOC1CCCCO1. The minimum atomic E-state index is -0.236. The summed E-state index contributed by atoms with van der Waals surface area (Å²) in [6.07, 6.45) is 7.10. The third kappa shape index (κ3) is 5.92. The van der Waals surface area contributed by atoms with Gasteiger partial charge in [0.25, 0.3) is 5.91 Å². The van der Waals surface area contributed by atoms with Crippen LogP contribution in [0.2, 0.25) is 5.02 Å². The lowest BCUT2D eigenvalue weighted by molar-refractivity contribution is -0.162. The Bertz CT molecular complexity index is 751. The Labute approximate surface area is 164 Å². The molecule has 0 saturated carbocycles. The molecule has 3 rings (SSSR count). The standard InChI is InChI=1S/C20H24ClN3O3/c21-16-9-11-22-14-18(16)24-20(25)15-6-1-2-7-17(15)23-10-5-13-27-19-8-3-4-12-26-19/h1-2,6-7,9,11,14,19,23H,3-5,8,10,12-13H2,(H,24,25). The minimum absolute atomic E-state index is 0.0685. The summed E-state index contributed by atoms with van der Waals surface area (Å²) in [4.78, 5) is 16.6. The maximum absolute atomic E-state index is 12.6. The molecule has 0 radical (unpaired) electrons. The summed E-state index contributed by atoms with van der Waals surface area (Å²) >= 11 is 6.08. The van der Waals surface area contributed by atoms with Crippen molar-refractivity contribution in [2.45, 2.75) is 32.0 Å². The van der Waals surface area contributed by atoms with Gasteiger partial charge in [0.15, 0.2) is 6.29 Å². The highest BCUT2D eigenvalue weighted by atomic mass is 35.5. The number of pyridine rings is 1. The van der Waals surface area contributed by atoms with Crippen molar-refractivity contribution in [1.29, 1.82) is 0 Å². The zero-order chi connectivity index (χ0) is 18.9. The van der Waals surface area contributed by atoms with Crippen LogP contribution in [0.25, 0.3) is 0 Å². The highest BCUT2D eigenvalue weighted by molar-refractivity contribution is 6.33. The summed E-state index contributed by atoms with van der Waals surface area (Å²) in [5.74, 6) is -0.236. The number of anilines is 2. The van der Waals surface area contributed by atoms with Crippen LogP contribution in [0.3, 0.4) is 0 Å². The lowest BCUT2D eigenvalue weighted by atomic mass is 10.1. The van der Waals surface area contributed by atoms with E-state index < -0.39 is 0 Å². The van der Waals surface area contributed by atoms with E-state index in [9.17, 15) is 4.79 Å². The Morgan fingerprint density at radius 1 is 1.26 bits per heavy atom. The van der Waals surface area contributed by atoms with Gasteiger partial charge >= 0.3 is 0 Å². The third-order valence-electron chi connectivity index (χ3n) is 4.27. The molecule has 6 nitrogen and oxygen atoms in total. The van der Waals surface area contributed by atoms with Gasteiger partial charge in [-0.15, -0.1) is 0 Å². The fourth-order valence-electron chi connectivity index (χ4n) is 2.85. The van der Waals surface area contributed by atoms with E-state index in [-0.39, 0.29) is 12.2 Å². The molecule has 2 N–H and O–H groups in total. The predicted octanol–water partition coefficient (Wildman–Crippen LogP) is 4.33. The molecule has 1 amide bonds. The molecule has 1 atom stereocenters. The van der Waals surface area contributed by atoms with E-state index >= 15 is 0 Å². The molecule has 27 heavy (non-hydrogen) atoms. The second-order valence-corrected chi connectivity index (χ2v) is 6.71. The van der Waals surface area contributed by atoms with Crippen molar-refractivity contribution in [3.63, 3.8) is 0 Å². The summed E-state index contributed by atoms with van der Waals surface area (Å²) in [6, 6.07) is 9.01. The Kier molecular flexibility index (Phi) is 7.45. The molecular formula is C20H24ClN3O3. The van der Waals surface area contributed by atoms with Gasteiger partial charge in [-0.2, -0.15) is 0 Å². The zero-order valence-corrected chi connectivity index (χ0v) is 15.9. The number of benzene rings is 1. The number of halogens is 1. The van der Waals surface area contributed by atoms with Crippen LogP contribution in [-0.4, -0.2) is 36.9 Å². The van der Waals surface area contributed by atoms with Gasteiger partial charge in [-0.3, -0.25) is 9.78 Å². The summed E-state index contributed by atoms with van der Waals surface area (Å²) in [5.41, 5.74) is 1.80. The summed E-state index contributed by atoms with van der Waals surface area (Å²) in [7, 11) is 0. The fraction of sp³-hybridized carbons (Fsp3) is 0.400. The van der Waals surface area contributed by atoms with Crippen molar-refractivity contribution in [2.24, 2.45) is 0 Å². The van der Waals surface area contributed by atoms with Crippen molar-refractivity contribution in [1.82, 2.24) is 4.98 Å². The Morgan fingerprint density at radius 2 is 2.15 bits per heavy atom. The number of rotatable bonds is 8. The fourth-order valence-corrected chi connectivity index (χ4v) is 3.00. The van der Waals surface area contributed by atoms with Gasteiger partial charge in [0.1, 0.15) is 0 Å². The molecule has 0 spiro atoms. The lowest BCUT2D eigenvalue weighted by Crippen LogP contribution is -2.23. The number of carbonyl (C=O) groups is 1. The average Bonchev–Trinajstić information content (AvgIpc) is 2.70. The maximum Gasteiger partial charge on any atom is 0.257 e. The van der Waals surface area contributed by atoms with E-state index in [1.165, 1.54) is 6.20 Å². The Morgan fingerprint density at radius 3 is 2.96 bits per heavy atom. The van der Waals surface area contributed by atoms with Crippen LogP contribution < -0.4 is 10.6 Å². The second kappa shape index (κ2) is 10.3. The Hall–Kier alpha value is -2.15. The second-order valence-electron chi connectivity index (χ2n) is 6.30. The molecule has 1 aromatic heterocycles. The van der Waals surface area contributed by atoms with Crippen molar-refractivity contribution in [3.8, 4) is 0 Å².